The molecule has 1 aromatic carbocycles. The van der Waals surface area contributed by atoms with Gasteiger partial charge in [-0.3, -0.25) is 9.59 Å². The van der Waals surface area contributed by atoms with Crippen LogP contribution in [0.25, 0.3) is 0 Å². The smallest absolute Gasteiger partial charge is 0.223 e. The van der Waals surface area contributed by atoms with E-state index in [1.165, 1.54) is 5.56 Å². The van der Waals surface area contributed by atoms with Crippen molar-refractivity contribution in [3.8, 4) is 0 Å². The van der Waals surface area contributed by atoms with E-state index in [4.69, 9.17) is 0 Å². The highest BCUT2D eigenvalue weighted by molar-refractivity contribution is 5.79. The predicted octanol–water partition coefficient (Wildman–Crippen LogP) is 2.82. The van der Waals surface area contributed by atoms with Crippen LogP contribution in [-0.4, -0.2) is 47.3 Å². The van der Waals surface area contributed by atoms with Gasteiger partial charge in [-0.2, -0.15) is 0 Å². The number of benzene rings is 1. The van der Waals surface area contributed by atoms with Crippen molar-refractivity contribution in [2.45, 2.75) is 51.5 Å². The SMILES string of the molecule is CC(=O)N1C[C@H]2CC[C@@H](C1)N(C(=O)CC(C)(C)c1ccccc1)C2. The van der Waals surface area contributed by atoms with E-state index in [9.17, 15) is 9.59 Å². The van der Waals surface area contributed by atoms with Crippen LogP contribution < -0.4 is 0 Å². The summed E-state index contributed by atoms with van der Waals surface area (Å²) in [6.45, 7) is 8.21. The van der Waals surface area contributed by atoms with E-state index in [0.717, 1.165) is 25.9 Å². The Morgan fingerprint density at radius 2 is 1.79 bits per heavy atom. The van der Waals surface area contributed by atoms with Crippen LogP contribution in [0.5, 0.6) is 0 Å². The molecule has 0 unspecified atom stereocenters. The second kappa shape index (κ2) is 6.58. The molecule has 0 aromatic heterocycles. The molecule has 0 spiro atoms. The van der Waals surface area contributed by atoms with Gasteiger partial charge in [0.25, 0.3) is 0 Å². The first-order valence-corrected chi connectivity index (χ1v) is 8.97. The standard InChI is InChI=1S/C20H28N2O2/c1-15(23)21-12-16-9-10-18(14-21)22(13-16)19(24)11-20(2,3)17-7-5-4-6-8-17/h4-8,16,18H,9-14H2,1-3H3/t16-,18+/m1/s1. The Hall–Kier alpha value is -1.84. The first-order valence-electron chi connectivity index (χ1n) is 8.97. The van der Waals surface area contributed by atoms with Gasteiger partial charge in [-0.15, -0.1) is 0 Å². The number of hydrogen-bond donors (Lipinski definition) is 0. The lowest BCUT2D eigenvalue weighted by Crippen LogP contribution is -2.48. The largest absolute Gasteiger partial charge is 0.341 e. The molecule has 3 saturated heterocycles. The summed E-state index contributed by atoms with van der Waals surface area (Å²) < 4.78 is 0. The molecule has 2 bridgehead atoms. The molecule has 3 aliphatic rings. The summed E-state index contributed by atoms with van der Waals surface area (Å²) in [5.41, 5.74) is 1.02. The minimum Gasteiger partial charge on any atom is -0.341 e. The van der Waals surface area contributed by atoms with Crippen LogP contribution in [0, 0.1) is 5.92 Å². The van der Waals surface area contributed by atoms with Gasteiger partial charge in [0.2, 0.25) is 11.8 Å². The van der Waals surface area contributed by atoms with Gasteiger partial charge in [0, 0.05) is 39.0 Å². The highest BCUT2D eigenvalue weighted by Crippen LogP contribution is 2.32. The maximum atomic E-state index is 13.0. The van der Waals surface area contributed by atoms with Crippen molar-refractivity contribution in [1.82, 2.24) is 9.80 Å². The summed E-state index contributed by atoms with van der Waals surface area (Å²) >= 11 is 0. The van der Waals surface area contributed by atoms with Crippen molar-refractivity contribution in [3.05, 3.63) is 35.9 Å². The van der Waals surface area contributed by atoms with Crippen LogP contribution in [-0.2, 0) is 15.0 Å². The third-order valence-corrected chi connectivity index (χ3v) is 5.63. The van der Waals surface area contributed by atoms with Crippen LogP contribution in [0.1, 0.15) is 45.6 Å². The maximum Gasteiger partial charge on any atom is 0.223 e. The average Bonchev–Trinajstić information content (AvgIpc) is 2.87. The topological polar surface area (TPSA) is 40.6 Å². The van der Waals surface area contributed by atoms with Gasteiger partial charge in [-0.05, 0) is 29.7 Å². The van der Waals surface area contributed by atoms with Crippen molar-refractivity contribution in [3.63, 3.8) is 0 Å². The maximum absolute atomic E-state index is 13.0. The van der Waals surface area contributed by atoms with Crippen molar-refractivity contribution in [2.75, 3.05) is 19.6 Å². The Balaban J connectivity index is 1.72. The van der Waals surface area contributed by atoms with Gasteiger partial charge >= 0.3 is 0 Å². The zero-order valence-corrected chi connectivity index (χ0v) is 15.0. The highest BCUT2D eigenvalue weighted by Gasteiger charge is 2.39. The van der Waals surface area contributed by atoms with Crippen molar-refractivity contribution in [2.24, 2.45) is 5.92 Å². The lowest BCUT2D eigenvalue weighted by Gasteiger charge is -2.38. The Bertz CT molecular complexity index is 611. The molecule has 0 N–H and O–H groups in total. The molecule has 3 aliphatic heterocycles. The molecule has 2 atom stereocenters. The van der Waals surface area contributed by atoms with Gasteiger partial charge in [0.05, 0.1) is 0 Å². The summed E-state index contributed by atoms with van der Waals surface area (Å²) in [4.78, 5) is 28.8. The Morgan fingerprint density at radius 1 is 1.08 bits per heavy atom. The highest BCUT2D eigenvalue weighted by atomic mass is 16.2. The first-order chi connectivity index (χ1) is 11.4. The number of amides is 2. The summed E-state index contributed by atoms with van der Waals surface area (Å²) in [7, 11) is 0. The van der Waals surface area contributed by atoms with Crippen LogP contribution in [0.15, 0.2) is 30.3 Å². The summed E-state index contributed by atoms with van der Waals surface area (Å²) in [6.07, 6.45) is 2.66. The third-order valence-electron chi connectivity index (χ3n) is 5.63. The van der Waals surface area contributed by atoms with E-state index in [2.05, 4.69) is 30.9 Å². The zero-order valence-electron chi connectivity index (χ0n) is 15.0. The lowest BCUT2D eigenvalue weighted by atomic mass is 9.80. The van der Waals surface area contributed by atoms with Gasteiger partial charge in [-0.25, -0.2) is 0 Å². The second-order valence-corrected chi connectivity index (χ2v) is 7.99. The van der Waals surface area contributed by atoms with Gasteiger partial charge < -0.3 is 9.80 Å². The molecule has 0 saturated carbocycles. The molecule has 4 rings (SSSR count). The number of piperidine rings is 1. The molecular weight excluding hydrogens is 300 g/mol. The monoisotopic (exact) mass is 328 g/mol. The van der Waals surface area contributed by atoms with Crippen LogP contribution in [0.3, 0.4) is 0 Å². The predicted molar refractivity (Wildman–Crippen MR) is 94.6 cm³/mol. The molecule has 4 nitrogen and oxygen atoms in total. The van der Waals surface area contributed by atoms with Crippen LogP contribution >= 0.6 is 0 Å². The summed E-state index contributed by atoms with van der Waals surface area (Å²) in [5, 5.41) is 0. The van der Waals surface area contributed by atoms with Gasteiger partial charge in [0.1, 0.15) is 0 Å². The molecule has 4 heteroatoms. The van der Waals surface area contributed by atoms with E-state index < -0.39 is 0 Å². The van der Waals surface area contributed by atoms with Crippen LogP contribution in [0.2, 0.25) is 0 Å². The molecule has 3 fully saturated rings. The normalized spacial score (nSPS) is 24.0. The fourth-order valence-corrected chi connectivity index (χ4v) is 4.12. The molecule has 1 aromatic rings. The van der Waals surface area contributed by atoms with Gasteiger partial charge in [0.15, 0.2) is 0 Å². The van der Waals surface area contributed by atoms with E-state index in [1.54, 1.807) is 6.92 Å². The lowest BCUT2D eigenvalue weighted by molar-refractivity contribution is -0.137. The first kappa shape index (κ1) is 17.0. The third kappa shape index (κ3) is 3.47. The van der Waals surface area contributed by atoms with E-state index >= 15 is 0 Å². The molecule has 130 valence electrons. The fourth-order valence-electron chi connectivity index (χ4n) is 4.12. The number of carbonyl (C=O) groups is 2. The summed E-state index contributed by atoms with van der Waals surface area (Å²) in [6, 6.07) is 10.4. The molecular formula is C20H28N2O2. The average molecular weight is 328 g/mol. The molecule has 24 heavy (non-hydrogen) atoms. The van der Waals surface area contributed by atoms with Crippen molar-refractivity contribution in [1.29, 1.82) is 0 Å². The van der Waals surface area contributed by atoms with E-state index in [-0.39, 0.29) is 23.3 Å². The fraction of sp³-hybridized carbons (Fsp3) is 0.600. The summed E-state index contributed by atoms with van der Waals surface area (Å²) in [5.74, 6) is 0.784. The second-order valence-electron chi connectivity index (χ2n) is 7.99. The Labute approximate surface area is 144 Å². The minimum atomic E-state index is -0.176. The van der Waals surface area contributed by atoms with E-state index in [1.807, 2.05) is 23.1 Å². The molecule has 2 amide bonds. The Morgan fingerprint density at radius 3 is 2.46 bits per heavy atom. The van der Waals surface area contributed by atoms with Crippen LogP contribution in [0.4, 0.5) is 0 Å². The number of rotatable bonds is 3. The molecule has 0 radical (unpaired) electrons. The Kier molecular flexibility index (Phi) is 4.66. The number of fused-ring (bicyclic) bond motifs is 4. The number of nitrogens with zero attached hydrogens (tertiary/aromatic N) is 2. The van der Waals surface area contributed by atoms with Crippen molar-refractivity contribution >= 4 is 11.8 Å². The number of carbonyl (C=O) groups excluding carboxylic acids is 2. The van der Waals surface area contributed by atoms with Gasteiger partial charge in [-0.1, -0.05) is 44.2 Å². The molecule has 3 heterocycles. The van der Waals surface area contributed by atoms with Crippen molar-refractivity contribution < 1.29 is 9.59 Å². The van der Waals surface area contributed by atoms with E-state index in [0.29, 0.717) is 18.9 Å². The molecule has 0 aliphatic carbocycles. The quantitative estimate of drug-likeness (QED) is 0.856. The zero-order chi connectivity index (χ0) is 17.3. The minimum absolute atomic E-state index is 0.130. The number of hydrogen-bond acceptors (Lipinski definition) is 2.